The van der Waals surface area contributed by atoms with Crippen molar-refractivity contribution in [2.45, 2.75) is 92.9 Å². The second-order valence-corrected chi connectivity index (χ2v) is 9.42. The quantitative estimate of drug-likeness (QED) is 0.356. The zero-order chi connectivity index (χ0) is 22.2. The minimum absolute atomic E-state index is 0.0342. The van der Waals surface area contributed by atoms with Gasteiger partial charge in [0.1, 0.15) is 5.76 Å². The molecule has 2 aliphatic carbocycles. The van der Waals surface area contributed by atoms with E-state index in [1.807, 2.05) is 6.08 Å². The van der Waals surface area contributed by atoms with E-state index < -0.39 is 5.97 Å². The molecule has 0 aromatic rings. The van der Waals surface area contributed by atoms with Gasteiger partial charge in [0, 0.05) is 18.8 Å². The highest BCUT2D eigenvalue weighted by Crippen LogP contribution is 2.44. The fourth-order valence-corrected chi connectivity index (χ4v) is 4.27. The monoisotopic (exact) mass is 404 g/mol. The summed E-state index contributed by atoms with van der Waals surface area (Å²) in [4.78, 5) is 21.7. The topological polar surface area (TPSA) is 63.6 Å². The Balaban J connectivity index is 0.000000352. The molecule has 164 valence electrons. The summed E-state index contributed by atoms with van der Waals surface area (Å²) in [5, 5.41) is 9.07. The maximum Gasteiger partial charge on any atom is 0.310 e. The van der Waals surface area contributed by atoms with E-state index in [-0.39, 0.29) is 17.3 Å². The van der Waals surface area contributed by atoms with Crippen LogP contribution in [0.5, 0.6) is 0 Å². The Labute approximate surface area is 177 Å². The largest absolute Gasteiger partial charge is 0.481 e. The second-order valence-electron chi connectivity index (χ2n) is 9.42. The van der Waals surface area contributed by atoms with Gasteiger partial charge in [-0.05, 0) is 63.9 Å². The summed E-state index contributed by atoms with van der Waals surface area (Å²) >= 11 is 0. The van der Waals surface area contributed by atoms with E-state index in [4.69, 9.17) is 9.84 Å². The number of carboxylic acids is 1. The first-order valence-corrected chi connectivity index (χ1v) is 10.9. The zero-order valence-corrected chi connectivity index (χ0v) is 19.3. The number of ether oxygens (including phenoxy) is 1. The van der Waals surface area contributed by atoms with E-state index in [0.29, 0.717) is 12.3 Å². The third kappa shape index (κ3) is 8.59. The van der Waals surface area contributed by atoms with Crippen molar-refractivity contribution in [2.75, 3.05) is 0 Å². The number of hydrogen-bond donors (Lipinski definition) is 1. The zero-order valence-electron chi connectivity index (χ0n) is 19.3. The van der Waals surface area contributed by atoms with Crippen molar-refractivity contribution in [3.8, 4) is 0 Å². The molecule has 0 bridgehead atoms. The molecule has 0 aromatic heterocycles. The predicted octanol–water partition coefficient (Wildman–Crippen LogP) is 6.82. The van der Waals surface area contributed by atoms with Crippen LogP contribution in [0.3, 0.4) is 0 Å². The molecule has 2 unspecified atom stereocenters. The number of carbonyl (C=O) groups is 2. The van der Waals surface area contributed by atoms with Crippen molar-refractivity contribution in [1.29, 1.82) is 0 Å². The van der Waals surface area contributed by atoms with Crippen LogP contribution in [0.25, 0.3) is 0 Å². The average molecular weight is 405 g/mol. The summed E-state index contributed by atoms with van der Waals surface area (Å²) in [5.74, 6) is 0.293. The lowest BCUT2D eigenvalue weighted by atomic mass is 9.75. The molecule has 0 fully saturated rings. The van der Waals surface area contributed by atoms with Crippen LogP contribution in [0.15, 0.2) is 35.1 Å². The van der Waals surface area contributed by atoms with Gasteiger partial charge in [-0.3, -0.25) is 9.59 Å². The molecule has 0 spiro atoms. The van der Waals surface area contributed by atoms with E-state index in [0.717, 1.165) is 44.3 Å². The standard InChI is InChI=1S/C17H28O2.C8H12O2/c1-11(2)14-8-7-12(3)15(14)10-17(5,6)9-13(4)16(18)19;1-2-8(9)10-7-5-3-4-6-7/h13-14H,1,7-10H2,2-6H3,(H,18,19);5H,2-4,6H2,1H3. The number of allylic oxidation sites excluding steroid dienone is 5. The Hall–Kier alpha value is -1.84. The summed E-state index contributed by atoms with van der Waals surface area (Å²) < 4.78 is 4.98. The molecule has 1 N–H and O–H groups in total. The van der Waals surface area contributed by atoms with Crippen molar-refractivity contribution in [2.24, 2.45) is 17.3 Å². The van der Waals surface area contributed by atoms with Gasteiger partial charge in [-0.25, -0.2) is 0 Å². The number of carboxylic acid groups (broad SMARTS) is 1. The van der Waals surface area contributed by atoms with Crippen molar-refractivity contribution in [3.05, 3.63) is 35.1 Å². The van der Waals surface area contributed by atoms with Crippen LogP contribution in [0.1, 0.15) is 92.9 Å². The highest BCUT2D eigenvalue weighted by Gasteiger charge is 2.31. The van der Waals surface area contributed by atoms with Crippen LogP contribution >= 0.6 is 0 Å². The average Bonchev–Trinajstić information content (AvgIpc) is 3.25. The highest BCUT2D eigenvalue weighted by atomic mass is 16.5. The Bertz CT molecular complexity index is 666. The third-order valence-electron chi connectivity index (χ3n) is 5.85. The summed E-state index contributed by atoms with van der Waals surface area (Å²) in [5.41, 5.74) is 4.28. The Morgan fingerprint density at radius 3 is 2.48 bits per heavy atom. The van der Waals surface area contributed by atoms with Crippen molar-refractivity contribution in [3.63, 3.8) is 0 Å². The minimum Gasteiger partial charge on any atom is -0.481 e. The molecule has 0 saturated heterocycles. The van der Waals surface area contributed by atoms with E-state index in [9.17, 15) is 9.59 Å². The molecule has 2 aliphatic rings. The van der Waals surface area contributed by atoms with Crippen molar-refractivity contribution in [1.82, 2.24) is 0 Å². The number of hydrogen-bond acceptors (Lipinski definition) is 3. The Morgan fingerprint density at radius 1 is 1.34 bits per heavy atom. The molecule has 4 nitrogen and oxygen atoms in total. The van der Waals surface area contributed by atoms with Gasteiger partial charge in [0.15, 0.2) is 0 Å². The molecule has 29 heavy (non-hydrogen) atoms. The molecule has 2 atom stereocenters. The number of rotatable bonds is 8. The molecular formula is C25H40O4. The van der Waals surface area contributed by atoms with Gasteiger partial charge in [0.25, 0.3) is 0 Å². The SMILES string of the molecule is C=C(C)C1CCC(C)=C1CC(C)(C)CC(C)C(=O)O.CCC(=O)OC1=CCCC1. The summed E-state index contributed by atoms with van der Waals surface area (Å²) in [6.45, 7) is 16.4. The van der Waals surface area contributed by atoms with E-state index in [2.05, 4.69) is 34.3 Å². The van der Waals surface area contributed by atoms with Crippen LogP contribution < -0.4 is 0 Å². The molecular weight excluding hydrogens is 364 g/mol. The Kier molecular flexibility index (Phi) is 9.88. The lowest BCUT2D eigenvalue weighted by molar-refractivity contribution is -0.142. The molecule has 4 heteroatoms. The first kappa shape index (κ1) is 25.2. The number of esters is 1. The van der Waals surface area contributed by atoms with Crippen molar-refractivity contribution < 1.29 is 19.4 Å². The number of aliphatic carboxylic acids is 1. The minimum atomic E-state index is -0.693. The first-order valence-electron chi connectivity index (χ1n) is 10.9. The van der Waals surface area contributed by atoms with Gasteiger partial charge in [0.05, 0.1) is 5.92 Å². The fourth-order valence-electron chi connectivity index (χ4n) is 4.27. The molecule has 2 rings (SSSR count). The number of carbonyl (C=O) groups excluding carboxylic acids is 1. The van der Waals surface area contributed by atoms with Gasteiger partial charge in [-0.15, -0.1) is 0 Å². The maximum atomic E-state index is 11.0. The molecule has 0 saturated carbocycles. The highest BCUT2D eigenvalue weighted by molar-refractivity contribution is 5.70. The summed E-state index contributed by atoms with van der Waals surface area (Å²) in [6, 6.07) is 0. The van der Waals surface area contributed by atoms with E-state index in [1.165, 1.54) is 23.1 Å². The van der Waals surface area contributed by atoms with E-state index >= 15 is 0 Å². The van der Waals surface area contributed by atoms with Crippen LogP contribution in [0.2, 0.25) is 0 Å². The molecule has 0 amide bonds. The van der Waals surface area contributed by atoms with Gasteiger partial charge < -0.3 is 9.84 Å². The van der Waals surface area contributed by atoms with Crippen LogP contribution in [0, 0.1) is 17.3 Å². The third-order valence-corrected chi connectivity index (χ3v) is 5.85. The molecule has 0 radical (unpaired) electrons. The predicted molar refractivity (Wildman–Crippen MR) is 118 cm³/mol. The normalized spacial score (nSPS) is 19.9. The van der Waals surface area contributed by atoms with Crippen LogP contribution in [-0.4, -0.2) is 17.0 Å². The molecule has 0 aromatic carbocycles. The lowest BCUT2D eigenvalue weighted by Gasteiger charge is -2.30. The maximum absolute atomic E-state index is 11.0. The van der Waals surface area contributed by atoms with Gasteiger partial charge in [-0.2, -0.15) is 0 Å². The van der Waals surface area contributed by atoms with Gasteiger partial charge in [0.2, 0.25) is 0 Å². The summed E-state index contributed by atoms with van der Waals surface area (Å²) in [7, 11) is 0. The molecule has 0 aliphatic heterocycles. The van der Waals surface area contributed by atoms with E-state index in [1.54, 1.807) is 13.8 Å². The van der Waals surface area contributed by atoms with Gasteiger partial charge >= 0.3 is 11.9 Å². The fraction of sp³-hybridized carbons (Fsp3) is 0.680. The second kappa shape index (κ2) is 11.4. The smallest absolute Gasteiger partial charge is 0.310 e. The van der Waals surface area contributed by atoms with Crippen molar-refractivity contribution >= 4 is 11.9 Å². The first-order chi connectivity index (χ1) is 13.5. The molecule has 0 heterocycles. The summed E-state index contributed by atoms with van der Waals surface area (Å²) in [6.07, 6.45) is 9.66. The van der Waals surface area contributed by atoms with Crippen LogP contribution in [-0.2, 0) is 14.3 Å². The van der Waals surface area contributed by atoms with Crippen LogP contribution in [0.4, 0.5) is 0 Å². The van der Waals surface area contributed by atoms with Gasteiger partial charge in [-0.1, -0.05) is 51.0 Å². The lowest BCUT2D eigenvalue weighted by Crippen LogP contribution is -2.22. The Morgan fingerprint density at radius 2 is 2.00 bits per heavy atom.